The van der Waals surface area contributed by atoms with Crippen molar-refractivity contribution in [2.75, 3.05) is 18.5 Å². The zero-order valence-corrected chi connectivity index (χ0v) is 22.4. The van der Waals surface area contributed by atoms with Crippen LogP contribution in [0.2, 0.25) is 0 Å². The van der Waals surface area contributed by atoms with Crippen molar-refractivity contribution >= 4 is 23.3 Å². The Morgan fingerprint density at radius 3 is 2.24 bits per heavy atom. The van der Waals surface area contributed by atoms with Gasteiger partial charge >= 0.3 is 5.97 Å². The molecule has 198 valence electrons. The first kappa shape index (κ1) is 26.9. The molecule has 2 N–H and O–H groups in total. The average molecular weight is 515 g/mol. The van der Waals surface area contributed by atoms with Gasteiger partial charge in [0.05, 0.1) is 12.0 Å². The number of nitrogens with one attached hydrogen (secondary N) is 2. The van der Waals surface area contributed by atoms with E-state index in [1.54, 1.807) is 6.92 Å². The van der Waals surface area contributed by atoms with E-state index < -0.39 is 5.41 Å². The minimum atomic E-state index is -0.474. The van der Waals surface area contributed by atoms with E-state index in [0.717, 1.165) is 41.5 Å². The summed E-state index contributed by atoms with van der Waals surface area (Å²) in [5, 5.41) is 10.0. The highest BCUT2D eigenvalue weighted by Crippen LogP contribution is 2.49. The number of nitrogens with zero attached hydrogens (tertiary/aromatic N) is 2. The van der Waals surface area contributed by atoms with Crippen LogP contribution in [0.4, 0.5) is 5.69 Å². The van der Waals surface area contributed by atoms with E-state index in [1.165, 1.54) is 0 Å². The number of rotatable bonds is 11. The van der Waals surface area contributed by atoms with Crippen molar-refractivity contribution in [2.24, 2.45) is 4.99 Å². The Balaban J connectivity index is 1.48. The molecular formula is C30H34N4O4. The van der Waals surface area contributed by atoms with Gasteiger partial charge in [-0.1, -0.05) is 67.2 Å². The normalized spacial score (nSPS) is 14.1. The minimum absolute atomic E-state index is 0.132. The van der Waals surface area contributed by atoms with Crippen molar-refractivity contribution < 1.29 is 18.8 Å². The van der Waals surface area contributed by atoms with Crippen LogP contribution in [0.3, 0.4) is 0 Å². The number of aromatic nitrogens is 1. The minimum Gasteiger partial charge on any atom is -0.465 e. The predicted molar refractivity (Wildman–Crippen MR) is 149 cm³/mol. The number of anilines is 1. The van der Waals surface area contributed by atoms with E-state index in [0.29, 0.717) is 41.8 Å². The van der Waals surface area contributed by atoms with Gasteiger partial charge in [0, 0.05) is 12.1 Å². The predicted octanol–water partition coefficient (Wildman–Crippen LogP) is 5.78. The maximum atomic E-state index is 12.4. The molecule has 0 aliphatic heterocycles. The first-order valence-electron chi connectivity index (χ1n) is 12.9. The molecule has 1 amide bonds. The van der Waals surface area contributed by atoms with Gasteiger partial charge in [0.1, 0.15) is 22.9 Å². The van der Waals surface area contributed by atoms with Gasteiger partial charge in [-0.15, -0.1) is 0 Å². The van der Waals surface area contributed by atoms with Crippen LogP contribution in [0.15, 0.2) is 70.4 Å². The summed E-state index contributed by atoms with van der Waals surface area (Å²) >= 11 is 0. The Kier molecular flexibility index (Phi) is 8.10. The number of hydrogen-bond donors (Lipinski definition) is 2. The molecule has 2 aromatic carbocycles. The fraction of sp³-hybridized carbons (Fsp3) is 0.333. The lowest BCUT2D eigenvalue weighted by Crippen LogP contribution is -2.30. The molecule has 1 heterocycles. The van der Waals surface area contributed by atoms with Gasteiger partial charge in [0.25, 0.3) is 5.91 Å². The van der Waals surface area contributed by atoms with Gasteiger partial charge in [-0.2, -0.15) is 0 Å². The molecule has 8 heteroatoms. The molecule has 1 aliphatic rings. The van der Waals surface area contributed by atoms with Crippen molar-refractivity contribution in [3.63, 3.8) is 0 Å². The summed E-state index contributed by atoms with van der Waals surface area (Å²) in [7, 11) is 0. The van der Waals surface area contributed by atoms with Gasteiger partial charge in [0.15, 0.2) is 5.76 Å². The van der Waals surface area contributed by atoms with Gasteiger partial charge < -0.3 is 19.9 Å². The van der Waals surface area contributed by atoms with Crippen molar-refractivity contribution in [2.45, 2.75) is 52.4 Å². The SMILES string of the molecule is C=C(N=C(C)C(=O)NCCC)Nc1c(C)noc1-c1ccc(-c2ccc(C3(C(=O)OCC)CC3)cc2)cc1. The van der Waals surface area contributed by atoms with Crippen molar-refractivity contribution in [3.8, 4) is 22.5 Å². The number of carbonyl (C=O) groups is 2. The summed E-state index contributed by atoms with van der Waals surface area (Å²) in [6.45, 7) is 12.2. The van der Waals surface area contributed by atoms with Gasteiger partial charge in [0.2, 0.25) is 0 Å². The molecule has 0 bridgehead atoms. The van der Waals surface area contributed by atoms with Crippen LogP contribution in [0.1, 0.15) is 51.3 Å². The van der Waals surface area contributed by atoms with Gasteiger partial charge in [-0.25, -0.2) is 4.99 Å². The lowest BCUT2D eigenvalue weighted by molar-refractivity contribution is -0.146. The van der Waals surface area contributed by atoms with E-state index in [-0.39, 0.29) is 11.9 Å². The lowest BCUT2D eigenvalue weighted by atomic mass is 9.93. The molecule has 1 fully saturated rings. The van der Waals surface area contributed by atoms with Crippen LogP contribution in [-0.4, -0.2) is 35.9 Å². The highest BCUT2D eigenvalue weighted by molar-refractivity contribution is 6.38. The highest BCUT2D eigenvalue weighted by atomic mass is 16.5. The van der Waals surface area contributed by atoms with Crippen LogP contribution in [0.5, 0.6) is 0 Å². The summed E-state index contributed by atoms with van der Waals surface area (Å²) in [4.78, 5) is 28.8. The zero-order valence-electron chi connectivity index (χ0n) is 22.4. The molecule has 0 unspecified atom stereocenters. The fourth-order valence-electron chi connectivity index (χ4n) is 4.31. The number of hydrogen-bond acceptors (Lipinski definition) is 7. The highest BCUT2D eigenvalue weighted by Gasteiger charge is 2.52. The Morgan fingerprint density at radius 1 is 1.05 bits per heavy atom. The molecular weight excluding hydrogens is 480 g/mol. The number of ether oxygens (including phenoxy) is 1. The topological polar surface area (TPSA) is 106 Å². The van der Waals surface area contributed by atoms with Crippen LogP contribution in [-0.2, 0) is 19.7 Å². The number of aryl methyl sites for hydroxylation is 1. The van der Waals surface area contributed by atoms with E-state index in [1.807, 2.05) is 69.3 Å². The summed E-state index contributed by atoms with van der Waals surface area (Å²) in [6, 6.07) is 16.1. The molecule has 38 heavy (non-hydrogen) atoms. The van der Waals surface area contributed by atoms with Gasteiger partial charge in [-0.05, 0) is 56.7 Å². The monoisotopic (exact) mass is 514 g/mol. The second-order valence-electron chi connectivity index (χ2n) is 9.45. The maximum absolute atomic E-state index is 12.4. The fourth-order valence-corrected chi connectivity index (χ4v) is 4.31. The zero-order chi connectivity index (χ0) is 27.3. The Morgan fingerprint density at radius 2 is 1.66 bits per heavy atom. The first-order chi connectivity index (χ1) is 18.3. The summed E-state index contributed by atoms with van der Waals surface area (Å²) in [5.74, 6) is 0.509. The van der Waals surface area contributed by atoms with E-state index >= 15 is 0 Å². The van der Waals surface area contributed by atoms with Crippen LogP contribution in [0.25, 0.3) is 22.5 Å². The molecule has 1 aromatic heterocycles. The molecule has 1 aliphatic carbocycles. The molecule has 1 saturated carbocycles. The molecule has 0 radical (unpaired) electrons. The van der Waals surface area contributed by atoms with E-state index in [4.69, 9.17) is 9.26 Å². The number of esters is 1. The number of amides is 1. The Bertz CT molecular complexity index is 1350. The Labute approximate surface area is 223 Å². The smallest absolute Gasteiger partial charge is 0.316 e. The molecule has 3 aromatic rings. The van der Waals surface area contributed by atoms with Crippen molar-refractivity contribution in [1.82, 2.24) is 10.5 Å². The van der Waals surface area contributed by atoms with Crippen LogP contribution >= 0.6 is 0 Å². The second-order valence-corrected chi connectivity index (χ2v) is 9.45. The number of benzene rings is 2. The third kappa shape index (κ3) is 5.69. The number of carbonyl (C=O) groups excluding carboxylic acids is 2. The molecule has 8 nitrogen and oxygen atoms in total. The third-order valence-corrected chi connectivity index (χ3v) is 6.63. The average Bonchev–Trinajstić information content (AvgIpc) is 3.66. The molecule has 0 spiro atoms. The first-order valence-corrected chi connectivity index (χ1v) is 12.9. The van der Waals surface area contributed by atoms with E-state index in [9.17, 15) is 9.59 Å². The quantitative estimate of drug-likeness (QED) is 0.248. The number of aliphatic imine (C=N–C) groups is 1. The summed E-state index contributed by atoms with van der Waals surface area (Å²) in [6.07, 6.45) is 2.51. The third-order valence-electron chi connectivity index (χ3n) is 6.63. The Hall–Kier alpha value is -4.20. The van der Waals surface area contributed by atoms with Crippen molar-refractivity contribution in [3.05, 3.63) is 72.2 Å². The molecule has 0 saturated heterocycles. The summed E-state index contributed by atoms with van der Waals surface area (Å²) < 4.78 is 10.9. The van der Waals surface area contributed by atoms with Crippen LogP contribution < -0.4 is 10.6 Å². The maximum Gasteiger partial charge on any atom is 0.316 e. The molecule has 4 rings (SSSR count). The second kappa shape index (κ2) is 11.5. The standard InChI is InChI=1S/C30H34N4O4/c1-6-18-31-28(35)20(4)32-21(5)33-26-19(3)34-38-27(26)24-10-8-22(9-11-24)23-12-14-25(15-13-23)30(16-17-30)29(36)37-7-2/h8-15,33H,5-7,16-18H2,1-4H3,(H,31,35). The summed E-state index contributed by atoms with van der Waals surface area (Å²) in [5.41, 5.74) is 5.06. The lowest BCUT2D eigenvalue weighted by Gasteiger charge is -2.14. The van der Waals surface area contributed by atoms with Crippen LogP contribution in [0, 0.1) is 6.92 Å². The largest absolute Gasteiger partial charge is 0.465 e. The van der Waals surface area contributed by atoms with Gasteiger partial charge in [-0.3, -0.25) is 9.59 Å². The van der Waals surface area contributed by atoms with Crippen molar-refractivity contribution in [1.29, 1.82) is 0 Å². The van der Waals surface area contributed by atoms with E-state index in [2.05, 4.69) is 27.4 Å². The molecule has 0 atom stereocenters.